The third kappa shape index (κ3) is 1.63. The highest BCUT2D eigenvalue weighted by Crippen LogP contribution is 2.18. The summed E-state index contributed by atoms with van der Waals surface area (Å²) in [7, 11) is 0. The van der Waals surface area contributed by atoms with Gasteiger partial charge in [0, 0.05) is 3.57 Å². The molecule has 1 aromatic rings. The van der Waals surface area contributed by atoms with Crippen molar-refractivity contribution in [1.82, 2.24) is 0 Å². The number of halogens is 3. The van der Waals surface area contributed by atoms with Gasteiger partial charge < -0.3 is 0 Å². The Balaban J connectivity index is 3.43. The molecule has 1 rings (SSSR count). The van der Waals surface area contributed by atoms with E-state index >= 15 is 0 Å². The SMILES string of the molecule is CC(=O)c1c(I)ccc(F)c1F. The summed E-state index contributed by atoms with van der Waals surface area (Å²) >= 11 is 1.79. The van der Waals surface area contributed by atoms with E-state index in [9.17, 15) is 13.6 Å². The second-order valence-electron chi connectivity index (χ2n) is 2.27. The largest absolute Gasteiger partial charge is 0.294 e. The third-order valence-electron chi connectivity index (χ3n) is 1.40. The maximum atomic E-state index is 12.9. The molecule has 1 aromatic carbocycles. The molecule has 0 radical (unpaired) electrons. The van der Waals surface area contributed by atoms with Crippen LogP contribution in [0.2, 0.25) is 0 Å². The first kappa shape index (κ1) is 9.57. The molecular weight excluding hydrogens is 277 g/mol. The molecule has 64 valence electrons. The number of ketones is 1. The summed E-state index contributed by atoms with van der Waals surface area (Å²) in [5, 5.41) is 0. The number of hydrogen-bond donors (Lipinski definition) is 0. The number of Topliss-reactive ketones (excluding diaryl/α,β-unsaturated/α-hetero) is 1. The Morgan fingerprint density at radius 2 is 2.00 bits per heavy atom. The standard InChI is InChI=1S/C8H5F2IO/c1-4(12)7-6(11)3-2-5(9)8(7)10/h2-3H,1H3. The molecule has 0 aliphatic rings. The fraction of sp³-hybridized carbons (Fsp3) is 0.125. The molecule has 0 atom stereocenters. The maximum absolute atomic E-state index is 12.9. The van der Waals surface area contributed by atoms with Crippen molar-refractivity contribution in [2.24, 2.45) is 0 Å². The van der Waals surface area contributed by atoms with E-state index in [1.807, 2.05) is 0 Å². The first-order chi connectivity index (χ1) is 5.54. The van der Waals surface area contributed by atoms with Gasteiger partial charge >= 0.3 is 0 Å². The van der Waals surface area contributed by atoms with E-state index < -0.39 is 17.4 Å². The molecule has 4 heteroatoms. The van der Waals surface area contributed by atoms with E-state index in [0.29, 0.717) is 3.57 Å². The summed E-state index contributed by atoms with van der Waals surface area (Å²) in [6.45, 7) is 1.21. The van der Waals surface area contributed by atoms with E-state index in [0.717, 1.165) is 6.07 Å². The molecule has 0 amide bonds. The van der Waals surface area contributed by atoms with Crippen molar-refractivity contribution in [3.05, 3.63) is 32.9 Å². The molecule has 0 saturated heterocycles. The van der Waals surface area contributed by atoms with Crippen LogP contribution in [0.4, 0.5) is 8.78 Å². The van der Waals surface area contributed by atoms with E-state index in [2.05, 4.69) is 0 Å². The van der Waals surface area contributed by atoms with Gasteiger partial charge in [-0.15, -0.1) is 0 Å². The van der Waals surface area contributed by atoms with Gasteiger partial charge in [-0.25, -0.2) is 8.78 Å². The molecule has 1 nitrogen and oxygen atoms in total. The van der Waals surface area contributed by atoms with E-state index in [1.165, 1.54) is 13.0 Å². The first-order valence-corrected chi connectivity index (χ1v) is 4.26. The fourth-order valence-electron chi connectivity index (χ4n) is 0.850. The fourth-order valence-corrected chi connectivity index (χ4v) is 1.65. The predicted molar refractivity (Wildman–Crippen MR) is 49.1 cm³/mol. The van der Waals surface area contributed by atoms with Crippen LogP contribution in [0.5, 0.6) is 0 Å². The van der Waals surface area contributed by atoms with Gasteiger partial charge in [-0.1, -0.05) is 0 Å². The lowest BCUT2D eigenvalue weighted by Crippen LogP contribution is -2.02. The van der Waals surface area contributed by atoms with Gasteiger partial charge in [0.1, 0.15) is 0 Å². The van der Waals surface area contributed by atoms with E-state index in [-0.39, 0.29) is 5.56 Å². The van der Waals surface area contributed by atoms with Gasteiger partial charge in [-0.05, 0) is 41.6 Å². The second kappa shape index (κ2) is 3.47. The minimum Gasteiger partial charge on any atom is -0.294 e. The van der Waals surface area contributed by atoms with Crippen molar-refractivity contribution in [2.75, 3.05) is 0 Å². The highest BCUT2D eigenvalue weighted by atomic mass is 127. The smallest absolute Gasteiger partial charge is 0.170 e. The van der Waals surface area contributed by atoms with Crippen molar-refractivity contribution < 1.29 is 13.6 Å². The van der Waals surface area contributed by atoms with Crippen LogP contribution in [-0.4, -0.2) is 5.78 Å². The van der Waals surface area contributed by atoms with E-state index in [4.69, 9.17) is 0 Å². The Morgan fingerprint density at radius 1 is 1.42 bits per heavy atom. The second-order valence-corrected chi connectivity index (χ2v) is 3.44. The van der Waals surface area contributed by atoms with Crippen LogP contribution in [-0.2, 0) is 0 Å². The Kier molecular flexibility index (Phi) is 2.76. The third-order valence-corrected chi connectivity index (χ3v) is 2.30. The van der Waals surface area contributed by atoms with Gasteiger partial charge in [0.05, 0.1) is 5.56 Å². The van der Waals surface area contributed by atoms with E-state index in [1.54, 1.807) is 22.6 Å². The molecule has 0 spiro atoms. The van der Waals surface area contributed by atoms with Crippen LogP contribution in [0, 0.1) is 15.2 Å². The monoisotopic (exact) mass is 282 g/mol. The molecule has 0 fully saturated rings. The van der Waals surface area contributed by atoms with Crippen molar-refractivity contribution in [3.8, 4) is 0 Å². The average molecular weight is 282 g/mol. The van der Waals surface area contributed by atoms with Gasteiger partial charge in [0.15, 0.2) is 17.4 Å². The normalized spacial score (nSPS) is 10.0. The zero-order chi connectivity index (χ0) is 9.30. The highest BCUT2D eigenvalue weighted by molar-refractivity contribution is 14.1. The summed E-state index contributed by atoms with van der Waals surface area (Å²) in [5.74, 6) is -2.51. The van der Waals surface area contributed by atoms with Gasteiger partial charge in [0.25, 0.3) is 0 Å². The lowest BCUT2D eigenvalue weighted by molar-refractivity contribution is 0.101. The van der Waals surface area contributed by atoms with Gasteiger partial charge in [-0.3, -0.25) is 4.79 Å². The van der Waals surface area contributed by atoms with Gasteiger partial charge in [0.2, 0.25) is 0 Å². The number of rotatable bonds is 1. The molecule has 0 aromatic heterocycles. The van der Waals surface area contributed by atoms with Crippen molar-refractivity contribution in [3.63, 3.8) is 0 Å². The van der Waals surface area contributed by atoms with Crippen molar-refractivity contribution >= 4 is 28.4 Å². The minimum absolute atomic E-state index is 0.171. The summed E-state index contributed by atoms with van der Waals surface area (Å²) in [4.78, 5) is 10.8. The number of hydrogen-bond acceptors (Lipinski definition) is 1. The Hall–Kier alpha value is -0.520. The van der Waals surface area contributed by atoms with Crippen molar-refractivity contribution in [1.29, 1.82) is 0 Å². The minimum atomic E-state index is -1.06. The summed E-state index contributed by atoms with van der Waals surface area (Å²) in [5.41, 5.74) is -0.171. The predicted octanol–water partition coefficient (Wildman–Crippen LogP) is 2.77. The molecule has 0 bridgehead atoms. The van der Waals surface area contributed by atoms with Gasteiger partial charge in [-0.2, -0.15) is 0 Å². The van der Waals surface area contributed by atoms with Crippen LogP contribution >= 0.6 is 22.6 Å². The molecule has 12 heavy (non-hydrogen) atoms. The molecule has 0 heterocycles. The first-order valence-electron chi connectivity index (χ1n) is 3.18. The average Bonchev–Trinajstić information content (AvgIpc) is 1.97. The molecule has 0 aliphatic heterocycles. The van der Waals surface area contributed by atoms with Crippen LogP contribution in [0.25, 0.3) is 0 Å². The Morgan fingerprint density at radius 3 is 2.42 bits per heavy atom. The van der Waals surface area contributed by atoms with Crippen LogP contribution in [0.3, 0.4) is 0 Å². The van der Waals surface area contributed by atoms with Crippen LogP contribution in [0.15, 0.2) is 12.1 Å². The summed E-state index contributed by atoms with van der Waals surface area (Å²) < 4.78 is 25.9. The number of carbonyl (C=O) groups excluding carboxylic acids is 1. The topological polar surface area (TPSA) is 17.1 Å². The molecular formula is C8H5F2IO. The summed E-state index contributed by atoms with van der Waals surface area (Å²) in [6, 6.07) is 2.37. The molecule has 0 unspecified atom stereocenters. The Labute approximate surface area is 81.9 Å². The zero-order valence-electron chi connectivity index (χ0n) is 6.20. The number of carbonyl (C=O) groups is 1. The maximum Gasteiger partial charge on any atom is 0.170 e. The van der Waals surface area contributed by atoms with Crippen LogP contribution in [0.1, 0.15) is 17.3 Å². The molecule has 0 aliphatic carbocycles. The zero-order valence-corrected chi connectivity index (χ0v) is 8.35. The lowest BCUT2D eigenvalue weighted by atomic mass is 10.1. The van der Waals surface area contributed by atoms with Crippen LogP contribution < -0.4 is 0 Å². The quantitative estimate of drug-likeness (QED) is 0.440. The summed E-state index contributed by atoms with van der Waals surface area (Å²) in [6.07, 6.45) is 0. The molecule has 0 N–H and O–H groups in total. The lowest BCUT2D eigenvalue weighted by Gasteiger charge is -2.01. The highest BCUT2D eigenvalue weighted by Gasteiger charge is 2.15. The van der Waals surface area contributed by atoms with Crippen molar-refractivity contribution in [2.45, 2.75) is 6.92 Å². The molecule has 0 saturated carbocycles. The Bertz CT molecular complexity index is 336. The number of benzene rings is 1.